The minimum atomic E-state index is -3.60. The number of hydrogen-bond acceptors (Lipinski definition) is 4. The van der Waals surface area contributed by atoms with E-state index in [1.165, 1.54) is 22.6 Å². The van der Waals surface area contributed by atoms with E-state index in [1.807, 2.05) is 0 Å². The van der Waals surface area contributed by atoms with Crippen molar-refractivity contribution in [3.63, 3.8) is 0 Å². The second kappa shape index (κ2) is 6.51. The Morgan fingerprint density at radius 3 is 2.75 bits per heavy atom. The summed E-state index contributed by atoms with van der Waals surface area (Å²) in [6.45, 7) is 0.535. The van der Waals surface area contributed by atoms with Crippen LogP contribution in [0.4, 0.5) is 0 Å². The minimum absolute atomic E-state index is 0. The van der Waals surface area contributed by atoms with Crippen LogP contribution in [0.15, 0.2) is 23.2 Å². The zero-order valence-corrected chi connectivity index (χ0v) is 11.9. The van der Waals surface area contributed by atoms with E-state index in [1.54, 1.807) is 7.05 Å². The molecule has 8 heteroatoms. The van der Waals surface area contributed by atoms with E-state index in [0.717, 1.165) is 0 Å². The Morgan fingerprint density at radius 2 is 2.20 bits per heavy atom. The number of nitrogens with zero attached hydrogens (tertiary/aromatic N) is 2. The molecule has 1 aromatic heterocycles. The predicted octanol–water partition coefficient (Wildman–Crippen LogP) is 1.13. The Kier molecular flexibility index (Phi) is 5.50. The van der Waals surface area contributed by atoms with Crippen LogP contribution in [0.1, 0.15) is 13.8 Å². The summed E-state index contributed by atoms with van der Waals surface area (Å²) in [5.41, 5.74) is 0. The molecule has 1 aliphatic heterocycles. The number of halogens is 1. The van der Waals surface area contributed by atoms with Crippen LogP contribution >= 0.6 is 11.6 Å². The van der Waals surface area contributed by atoms with Gasteiger partial charge in [0.2, 0.25) is 15.9 Å². The highest BCUT2D eigenvalue weighted by Crippen LogP contribution is 2.24. The fourth-order valence-electron chi connectivity index (χ4n) is 2.03. The van der Waals surface area contributed by atoms with Gasteiger partial charge in [0, 0.05) is 26.3 Å². The maximum absolute atomic E-state index is 12.3. The molecule has 1 atom stereocenters. The van der Waals surface area contributed by atoms with Crippen molar-refractivity contribution in [3.8, 4) is 0 Å². The summed E-state index contributed by atoms with van der Waals surface area (Å²) in [5.74, 6) is -0.424. The van der Waals surface area contributed by atoms with Crippen molar-refractivity contribution in [1.82, 2.24) is 14.6 Å². The molecule has 0 unspecified atom stereocenters. The van der Waals surface area contributed by atoms with Crippen molar-refractivity contribution < 1.29 is 13.2 Å². The van der Waals surface area contributed by atoms with Crippen molar-refractivity contribution in [2.24, 2.45) is 5.92 Å². The molecular weight excluding hydrogens is 302 g/mol. The van der Waals surface area contributed by atoms with Crippen LogP contribution in [0.25, 0.3) is 0 Å². The summed E-state index contributed by atoms with van der Waals surface area (Å²) in [7, 11) is -2.05. The molecule has 0 aliphatic carbocycles. The Morgan fingerprint density at radius 1 is 1.50 bits per heavy atom. The lowest BCUT2D eigenvalue weighted by molar-refractivity contribution is -0.123. The number of pyridine rings is 1. The van der Waals surface area contributed by atoms with Crippen molar-refractivity contribution >= 4 is 27.5 Å². The highest BCUT2D eigenvalue weighted by atomic mass is 35.5. The van der Waals surface area contributed by atoms with Gasteiger partial charge in [0.15, 0.2) is 0 Å². The van der Waals surface area contributed by atoms with Gasteiger partial charge in [-0.05, 0) is 18.6 Å². The third-order valence-electron chi connectivity index (χ3n) is 3.11. The van der Waals surface area contributed by atoms with E-state index in [2.05, 4.69) is 10.3 Å². The Bertz CT molecular complexity index is 574. The molecule has 1 saturated heterocycles. The van der Waals surface area contributed by atoms with E-state index in [0.29, 0.717) is 13.0 Å². The molecule has 1 N–H and O–H groups in total. The van der Waals surface area contributed by atoms with Crippen molar-refractivity contribution in [2.45, 2.75) is 18.7 Å². The lowest BCUT2D eigenvalue weighted by Crippen LogP contribution is -2.33. The average Bonchev–Trinajstić information content (AvgIpc) is 2.88. The number of nitrogens with one attached hydrogen (secondary N) is 1. The first-order valence-corrected chi connectivity index (χ1v) is 7.60. The van der Waals surface area contributed by atoms with Crippen LogP contribution in [0.3, 0.4) is 0 Å². The van der Waals surface area contributed by atoms with Gasteiger partial charge in [0.05, 0.1) is 5.92 Å². The standard InChI is InChI=1S/C11H14ClN3O3S.CH4/c1-13-11(16)8-4-5-15(7-8)19(17,18)9-2-3-10(12)14-6-9;/h2-3,6,8H,4-5,7H2,1H3,(H,13,16);1H4/t8-;/m1./s1. The first-order chi connectivity index (χ1) is 8.95. The third-order valence-corrected chi connectivity index (χ3v) is 5.18. The zero-order chi connectivity index (χ0) is 14.0. The second-order valence-electron chi connectivity index (χ2n) is 4.28. The van der Waals surface area contributed by atoms with E-state index in [4.69, 9.17) is 11.6 Å². The van der Waals surface area contributed by atoms with Gasteiger partial charge in [0.1, 0.15) is 10.0 Å². The van der Waals surface area contributed by atoms with Gasteiger partial charge in [-0.25, -0.2) is 13.4 Å². The molecule has 2 heterocycles. The maximum atomic E-state index is 12.3. The third kappa shape index (κ3) is 3.28. The molecule has 1 aromatic rings. The maximum Gasteiger partial charge on any atom is 0.244 e. The molecule has 1 fully saturated rings. The molecule has 0 saturated carbocycles. The first kappa shape index (κ1) is 16.9. The normalized spacial score (nSPS) is 19.4. The van der Waals surface area contributed by atoms with Gasteiger partial charge in [-0.3, -0.25) is 4.79 Å². The van der Waals surface area contributed by atoms with E-state index in [-0.39, 0.29) is 35.8 Å². The van der Waals surface area contributed by atoms with Gasteiger partial charge in [-0.1, -0.05) is 19.0 Å². The lowest BCUT2D eigenvalue weighted by atomic mass is 10.1. The number of carbonyl (C=O) groups excluding carboxylic acids is 1. The molecule has 0 spiro atoms. The van der Waals surface area contributed by atoms with E-state index in [9.17, 15) is 13.2 Å². The summed E-state index contributed by atoms with van der Waals surface area (Å²) >= 11 is 5.63. The Labute approximate surface area is 124 Å². The summed E-state index contributed by atoms with van der Waals surface area (Å²) in [4.78, 5) is 15.4. The van der Waals surface area contributed by atoms with Crippen LogP contribution in [-0.4, -0.2) is 43.8 Å². The van der Waals surface area contributed by atoms with E-state index < -0.39 is 10.0 Å². The van der Waals surface area contributed by atoms with Gasteiger partial charge in [-0.15, -0.1) is 0 Å². The molecule has 112 valence electrons. The molecule has 6 nitrogen and oxygen atoms in total. The lowest BCUT2D eigenvalue weighted by Gasteiger charge is -2.16. The molecule has 20 heavy (non-hydrogen) atoms. The summed E-state index contributed by atoms with van der Waals surface area (Å²) in [6.07, 6.45) is 1.75. The van der Waals surface area contributed by atoms with Gasteiger partial charge >= 0.3 is 0 Å². The number of amides is 1. The van der Waals surface area contributed by atoms with Crippen LogP contribution in [0, 0.1) is 5.92 Å². The molecule has 0 radical (unpaired) electrons. The molecule has 2 rings (SSSR count). The van der Waals surface area contributed by atoms with Gasteiger partial charge in [-0.2, -0.15) is 4.31 Å². The number of hydrogen-bond donors (Lipinski definition) is 1. The number of sulfonamides is 1. The summed E-state index contributed by atoms with van der Waals surface area (Å²) in [5, 5.41) is 2.78. The molecule has 0 aromatic carbocycles. The number of rotatable bonds is 3. The average molecular weight is 320 g/mol. The van der Waals surface area contributed by atoms with Crippen molar-refractivity contribution in [3.05, 3.63) is 23.5 Å². The highest BCUT2D eigenvalue weighted by Gasteiger charge is 2.35. The van der Waals surface area contributed by atoms with Crippen LogP contribution in [-0.2, 0) is 14.8 Å². The quantitative estimate of drug-likeness (QED) is 0.847. The fourth-order valence-corrected chi connectivity index (χ4v) is 3.59. The SMILES string of the molecule is C.CNC(=O)[C@@H]1CCN(S(=O)(=O)c2ccc(Cl)nc2)C1. The predicted molar refractivity (Wildman–Crippen MR) is 76.9 cm³/mol. The molecule has 1 aliphatic rings. The van der Waals surface area contributed by atoms with Crippen LogP contribution in [0.2, 0.25) is 5.15 Å². The smallest absolute Gasteiger partial charge is 0.244 e. The Balaban J connectivity index is 0.00000200. The topological polar surface area (TPSA) is 79.4 Å². The second-order valence-corrected chi connectivity index (χ2v) is 6.60. The van der Waals surface area contributed by atoms with Crippen LogP contribution < -0.4 is 5.32 Å². The zero-order valence-electron chi connectivity index (χ0n) is 10.3. The van der Waals surface area contributed by atoms with Crippen molar-refractivity contribution in [2.75, 3.05) is 20.1 Å². The van der Waals surface area contributed by atoms with Gasteiger partial charge < -0.3 is 5.32 Å². The number of aromatic nitrogens is 1. The molecule has 0 bridgehead atoms. The highest BCUT2D eigenvalue weighted by molar-refractivity contribution is 7.89. The van der Waals surface area contributed by atoms with Crippen LogP contribution in [0.5, 0.6) is 0 Å². The van der Waals surface area contributed by atoms with E-state index >= 15 is 0 Å². The first-order valence-electron chi connectivity index (χ1n) is 5.78. The number of carbonyl (C=O) groups is 1. The summed E-state index contributed by atoms with van der Waals surface area (Å²) < 4.78 is 25.9. The van der Waals surface area contributed by atoms with Crippen molar-refractivity contribution in [1.29, 1.82) is 0 Å². The fraction of sp³-hybridized carbons (Fsp3) is 0.500. The Hall–Kier alpha value is -1.18. The summed E-state index contributed by atoms with van der Waals surface area (Å²) in [6, 6.07) is 2.85. The monoisotopic (exact) mass is 319 g/mol. The van der Waals surface area contributed by atoms with Gasteiger partial charge in [0.25, 0.3) is 0 Å². The largest absolute Gasteiger partial charge is 0.359 e. The molecular formula is C12H18ClN3O3S. The molecule has 1 amide bonds. The minimum Gasteiger partial charge on any atom is -0.359 e.